The Morgan fingerprint density at radius 1 is 1.15 bits per heavy atom. The van der Waals surface area contributed by atoms with Gasteiger partial charge < -0.3 is 9.47 Å². The van der Waals surface area contributed by atoms with Crippen LogP contribution in [-0.2, 0) is 16.0 Å². The van der Waals surface area contributed by atoms with Gasteiger partial charge in [-0.1, -0.05) is 62.1 Å². The van der Waals surface area contributed by atoms with E-state index >= 15 is 0 Å². The maximum atomic E-state index is 5.81. The van der Waals surface area contributed by atoms with Gasteiger partial charge in [0.25, 0.3) is 0 Å². The Balaban J connectivity index is 1.52. The molecule has 0 bridgehead atoms. The van der Waals surface area contributed by atoms with Crippen molar-refractivity contribution in [1.29, 1.82) is 0 Å². The lowest BCUT2D eigenvalue weighted by atomic mass is 10.0. The van der Waals surface area contributed by atoms with Gasteiger partial charge in [0, 0.05) is 25.8 Å². The highest BCUT2D eigenvalue weighted by atomic mass is 16.7. The molecule has 2 unspecified atom stereocenters. The first-order valence-corrected chi connectivity index (χ1v) is 10.9. The molecule has 0 aliphatic carbocycles. The number of nitrogens with zero attached hydrogens (tertiary/aromatic N) is 1. The summed E-state index contributed by atoms with van der Waals surface area (Å²) in [5, 5.41) is 0. The predicted molar refractivity (Wildman–Crippen MR) is 114 cm³/mol. The Kier molecular flexibility index (Phi) is 11.4. The molecule has 1 heterocycles. The molecule has 1 aliphatic heterocycles. The fourth-order valence-electron chi connectivity index (χ4n) is 3.78. The third-order valence-corrected chi connectivity index (χ3v) is 5.46. The molecule has 1 aromatic carbocycles. The van der Waals surface area contributed by atoms with Crippen LogP contribution in [0.3, 0.4) is 0 Å². The minimum atomic E-state index is 0.0681. The van der Waals surface area contributed by atoms with Gasteiger partial charge in [0.1, 0.15) is 0 Å². The largest absolute Gasteiger partial charge is 0.353 e. The van der Waals surface area contributed by atoms with E-state index in [4.69, 9.17) is 9.47 Å². The van der Waals surface area contributed by atoms with Crippen LogP contribution in [0.15, 0.2) is 43.0 Å². The third-order valence-electron chi connectivity index (χ3n) is 5.46. The zero-order chi connectivity index (χ0) is 19.2. The summed E-state index contributed by atoms with van der Waals surface area (Å²) in [6, 6.07) is 11.3. The molecule has 2 atom stereocenters. The SMILES string of the molecule is C=CCC(CCCCCCCOC1CCCCO1)N(C)Cc1ccccc1. The van der Waals surface area contributed by atoms with Crippen LogP contribution in [0.2, 0.25) is 0 Å². The fourth-order valence-corrected chi connectivity index (χ4v) is 3.78. The smallest absolute Gasteiger partial charge is 0.157 e. The van der Waals surface area contributed by atoms with Gasteiger partial charge in [0.05, 0.1) is 0 Å². The molecular formula is C24H39NO2. The number of hydrogen-bond donors (Lipinski definition) is 0. The highest BCUT2D eigenvalue weighted by Crippen LogP contribution is 2.17. The number of unbranched alkanes of at least 4 members (excludes halogenated alkanes) is 4. The standard InChI is InChI=1S/C24H39NO2/c1-3-14-23(25(2)21-22-15-8-7-9-16-22)17-10-5-4-6-12-19-26-24-18-11-13-20-27-24/h3,7-9,15-16,23-24H,1,4-6,10-14,17-21H2,2H3. The number of hydrogen-bond acceptors (Lipinski definition) is 3. The molecule has 2 rings (SSSR count). The van der Waals surface area contributed by atoms with Gasteiger partial charge in [0.15, 0.2) is 6.29 Å². The first kappa shape index (κ1) is 22.1. The molecule has 0 radical (unpaired) electrons. The second-order valence-corrected chi connectivity index (χ2v) is 7.80. The Morgan fingerprint density at radius 3 is 2.67 bits per heavy atom. The molecular weight excluding hydrogens is 334 g/mol. The first-order chi connectivity index (χ1) is 13.3. The molecule has 0 saturated carbocycles. The van der Waals surface area contributed by atoms with Crippen molar-refractivity contribution < 1.29 is 9.47 Å². The second-order valence-electron chi connectivity index (χ2n) is 7.80. The van der Waals surface area contributed by atoms with E-state index in [1.807, 2.05) is 0 Å². The van der Waals surface area contributed by atoms with Gasteiger partial charge in [-0.15, -0.1) is 6.58 Å². The van der Waals surface area contributed by atoms with Gasteiger partial charge in [-0.25, -0.2) is 0 Å². The number of ether oxygens (including phenoxy) is 2. The third kappa shape index (κ3) is 9.55. The summed E-state index contributed by atoms with van der Waals surface area (Å²) in [6.07, 6.45) is 14.3. The lowest BCUT2D eigenvalue weighted by Gasteiger charge is -2.27. The van der Waals surface area contributed by atoms with E-state index in [2.05, 4.69) is 54.9 Å². The van der Waals surface area contributed by atoms with Crippen molar-refractivity contribution in [3.05, 3.63) is 48.6 Å². The molecule has 1 fully saturated rings. The van der Waals surface area contributed by atoms with E-state index in [-0.39, 0.29) is 6.29 Å². The van der Waals surface area contributed by atoms with Crippen molar-refractivity contribution in [3.8, 4) is 0 Å². The van der Waals surface area contributed by atoms with Crippen molar-refractivity contribution >= 4 is 0 Å². The Labute approximate surface area is 166 Å². The summed E-state index contributed by atoms with van der Waals surface area (Å²) >= 11 is 0. The maximum Gasteiger partial charge on any atom is 0.157 e. The molecule has 1 aromatic rings. The average Bonchev–Trinajstić information content (AvgIpc) is 2.70. The van der Waals surface area contributed by atoms with Crippen molar-refractivity contribution in [1.82, 2.24) is 4.90 Å². The Bertz CT molecular complexity index is 484. The molecule has 3 heteroatoms. The molecule has 0 N–H and O–H groups in total. The van der Waals surface area contributed by atoms with E-state index in [9.17, 15) is 0 Å². The molecule has 0 aromatic heterocycles. The van der Waals surface area contributed by atoms with Crippen LogP contribution in [0.5, 0.6) is 0 Å². The second kappa shape index (κ2) is 13.9. The topological polar surface area (TPSA) is 21.7 Å². The Morgan fingerprint density at radius 2 is 1.93 bits per heavy atom. The number of benzene rings is 1. The van der Waals surface area contributed by atoms with Crippen molar-refractivity contribution in [2.45, 2.75) is 83.1 Å². The summed E-state index contributed by atoms with van der Waals surface area (Å²) in [7, 11) is 2.24. The van der Waals surface area contributed by atoms with Crippen LogP contribution in [0, 0.1) is 0 Å². The first-order valence-electron chi connectivity index (χ1n) is 10.9. The molecule has 0 amide bonds. The zero-order valence-corrected chi connectivity index (χ0v) is 17.3. The maximum absolute atomic E-state index is 5.81. The molecule has 1 aliphatic rings. The zero-order valence-electron chi connectivity index (χ0n) is 17.3. The molecule has 0 spiro atoms. The summed E-state index contributed by atoms with van der Waals surface area (Å²) in [6.45, 7) is 6.69. The minimum Gasteiger partial charge on any atom is -0.353 e. The van der Waals surface area contributed by atoms with E-state index in [1.165, 1.54) is 50.5 Å². The van der Waals surface area contributed by atoms with Gasteiger partial charge in [-0.05, 0) is 51.1 Å². The predicted octanol–water partition coefficient (Wildman–Crippen LogP) is 5.95. The number of rotatable bonds is 14. The van der Waals surface area contributed by atoms with Crippen molar-refractivity contribution in [2.75, 3.05) is 20.3 Å². The highest BCUT2D eigenvalue weighted by molar-refractivity contribution is 5.14. The summed E-state index contributed by atoms with van der Waals surface area (Å²) in [5.41, 5.74) is 1.39. The van der Waals surface area contributed by atoms with Crippen LogP contribution in [-0.4, -0.2) is 37.5 Å². The summed E-state index contributed by atoms with van der Waals surface area (Å²) < 4.78 is 11.4. The van der Waals surface area contributed by atoms with E-state index < -0.39 is 0 Å². The highest BCUT2D eigenvalue weighted by Gasteiger charge is 2.14. The van der Waals surface area contributed by atoms with Gasteiger partial charge in [-0.2, -0.15) is 0 Å². The molecule has 27 heavy (non-hydrogen) atoms. The van der Waals surface area contributed by atoms with Crippen LogP contribution >= 0.6 is 0 Å². The van der Waals surface area contributed by atoms with Crippen LogP contribution in [0.1, 0.15) is 69.8 Å². The Hall–Kier alpha value is -1.16. The van der Waals surface area contributed by atoms with Crippen LogP contribution in [0.4, 0.5) is 0 Å². The van der Waals surface area contributed by atoms with Gasteiger partial charge >= 0.3 is 0 Å². The van der Waals surface area contributed by atoms with Crippen molar-refractivity contribution in [2.24, 2.45) is 0 Å². The lowest BCUT2D eigenvalue weighted by Crippen LogP contribution is -2.30. The quantitative estimate of drug-likeness (QED) is 0.297. The minimum absolute atomic E-state index is 0.0681. The summed E-state index contributed by atoms with van der Waals surface area (Å²) in [5.74, 6) is 0. The van der Waals surface area contributed by atoms with E-state index in [0.29, 0.717) is 6.04 Å². The van der Waals surface area contributed by atoms with E-state index in [1.54, 1.807) is 0 Å². The molecule has 152 valence electrons. The average molecular weight is 374 g/mol. The van der Waals surface area contributed by atoms with Crippen LogP contribution < -0.4 is 0 Å². The summed E-state index contributed by atoms with van der Waals surface area (Å²) in [4.78, 5) is 2.48. The molecule has 1 saturated heterocycles. The monoisotopic (exact) mass is 373 g/mol. The normalized spacial score (nSPS) is 18.5. The van der Waals surface area contributed by atoms with Gasteiger partial charge in [0.2, 0.25) is 0 Å². The lowest BCUT2D eigenvalue weighted by molar-refractivity contribution is -0.162. The fraction of sp³-hybridized carbons (Fsp3) is 0.667. The van der Waals surface area contributed by atoms with Crippen molar-refractivity contribution in [3.63, 3.8) is 0 Å². The van der Waals surface area contributed by atoms with E-state index in [0.717, 1.165) is 39.0 Å². The van der Waals surface area contributed by atoms with Gasteiger partial charge in [-0.3, -0.25) is 4.90 Å². The van der Waals surface area contributed by atoms with Crippen LogP contribution in [0.25, 0.3) is 0 Å². The molecule has 3 nitrogen and oxygen atoms in total.